The summed E-state index contributed by atoms with van der Waals surface area (Å²) in [5.74, 6) is 0.330. The van der Waals surface area contributed by atoms with E-state index in [0.29, 0.717) is 13.2 Å². The molecule has 5 nitrogen and oxygen atoms in total. The first kappa shape index (κ1) is 15.1. The molecule has 0 aliphatic rings. The second-order valence-corrected chi connectivity index (χ2v) is 5.81. The van der Waals surface area contributed by atoms with Crippen LogP contribution in [0, 0.1) is 0 Å². The Hall–Kier alpha value is -1.34. The van der Waals surface area contributed by atoms with Gasteiger partial charge in [-0.05, 0) is 24.3 Å². The maximum atomic E-state index is 10.6. The molecule has 0 spiro atoms. The number of amides is 1. The van der Waals surface area contributed by atoms with Gasteiger partial charge in [0.2, 0.25) is 5.91 Å². The van der Waals surface area contributed by atoms with Crippen LogP contribution in [0.4, 0.5) is 0 Å². The molecule has 2 aromatic heterocycles. The average molecular weight is 315 g/mol. The van der Waals surface area contributed by atoms with Crippen molar-refractivity contribution in [3.05, 3.63) is 45.5 Å². The van der Waals surface area contributed by atoms with Crippen molar-refractivity contribution >= 4 is 28.8 Å². The number of carbonyl (C=O) groups is 1. The molecule has 1 atom stereocenters. The van der Waals surface area contributed by atoms with Crippen molar-refractivity contribution in [2.24, 2.45) is 5.73 Å². The summed E-state index contributed by atoms with van der Waals surface area (Å²) >= 11 is 7.46. The smallest absolute Gasteiger partial charge is 0.243 e. The Morgan fingerprint density at radius 3 is 2.95 bits per heavy atom. The zero-order chi connectivity index (χ0) is 14.4. The Bertz CT molecular complexity index is 542. The lowest BCUT2D eigenvalue weighted by Gasteiger charge is -2.15. The number of halogens is 1. The fourth-order valence-electron chi connectivity index (χ4n) is 1.73. The number of thiophene rings is 1. The third-order valence-corrected chi connectivity index (χ3v) is 3.84. The maximum absolute atomic E-state index is 10.6. The first-order valence-corrected chi connectivity index (χ1v) is 7.24. The van der Waals surface area contributed by atoms with Crippen LogP contribution in [0.15, 0.2) is 34.9 Å². The van der Waals surface area contributed by atoms with Crippen molar-refractivity contribution < 1.29 is 13.9 Å². The summed E-state index contributed by atoms with van der Waals surface area (Å²) in [5, 5.41) is 3.31. The Labute approximate surface area is 125 Å². The first-order chi connectivity index (χ1) is 9.66. The second kappa shape index (κ2) is 7.44. The number of hydrogen-bond acceptors (Lipinski definition) is 5. The SMILES string of the molecule is NC(=O)COCCNC(c1ccco1)c1ccc(Cl)s1. The molecule has 20 heavy (non-hydrogen) atoms. The van der Waals surface area contributed by atoms with E-state index in [1.807, 2.05) is 24.3 Å². The summed E-state index contributed by atoms with van der Waals surface area (Å²) in [6.07, 6.45) is 1.63. The van der Waals surface area contributed by atoms with Crippen molar-refractivity contribution in [3.8, 4) is 0 Å². The van der Waals surface area contributed by atoms with Gasteiger partial charge in [0.1, 0.15) is 18.4 Å². The Morgan fingerprint density at radius 1 is 1.50 bits per heavy atom. The highest BCUT2D eigenvalue weighted by Crippen LogP contribution is 2.31. The molecule has 1 amide bonds. The van der Waals surface area contributed by atoms with E-state index in [-0.39, 0.29) is 12.6 Å². The number of carbonyl (C=O) groups excluding carboxylic acids is 1. The van der Waals surface area contributed by atoms with Crippen LogP contribution in [0.2, 0.25) is 4.34 Å². The van der Waals surface area contributed by atoms with Crippen LogP contribution in [0.1, 0.15) is 16.7 Å². The monoisotopic (exact) mass is 314 g/mol. The van der Waals surface area contributed by atoms with Gasteiger partial charge in [0.25, 0.3) is 0 Å². The summed E-state index contributed by atoms with van der Waals surface area (Å²) in [6.45, 7) is 0.880. The van der Waals surface area contributed by atoms with Gasteiger partial charge in [-0.1, -0.05) is 11.6 Å². The van der Waals surface area contributed by atoms with E-state index >= 15 is 0 Å². The number of primary amides is 1. The largest absolute Gasteiger partial charge is 0.467 e. The minimum atomic E-state index is -0.474. The minimum Gasteiger partial charge on any atom is -0.467 e. The quantitative estimate of drug-likeness (QED) is 0.732. The highest BCUT2D eigenvalue weighted by Gasteiger charge is 2.18. The van der Waals surface area contributed by atoms with Gasteiger partial charge in [-0.3, -0.25) is 4.79 Å². The van der Waals surface area contributed by atoms with Crippen LogP contribution >= 0.6 is 22.9 Å². The van der Waals surface area contributed by atoms with Crippen molar-refractivity contribution in [2.45, 2.75) is 6.04 Å². The Balaban J connectivity index is 1.93. The second-order valence-electron chi connectivity index (χ2n) is 4.06. The average Bonchev–Trinajstić information content (AvgIpc) is 3.05. The lowest BCUT2D eigenvalue weighted by Crippen LogP contribution is -2.27. The zero-order valence-corrected chi connectivity index (χ0v) is 12.2. The predicted molar refractivity (Wildman–Crippen MR) is 77.9 cm³/mol. The van der Waals surface area contributed by atoms with Gasteiger partial charge in [-0.2, -0.15) is 0 Å². The molecular formula is C13H15ClN2O3S. The van der Waals surface area contributed by atoms with E-state index in [2.05, 4.69) is 5.32 Å². The molecule has 1 unspecified atom stereocenters. The molecule has 0 radical (unpaired) electrons. The summed E-state index contributed by atoms with van der Waals surface area (Å²) in [6, 6.07) is 7.46. The molecule has 0 aliphatic heterocycles. The fourth-order valence-corrected chi connectivity index (χ4v) is 2.87. The third kappa shape index (κ3) is 4.35. The molecule has 0 aromatic carbocycles. The number of nitrogens with one attached hydrogen (secondary N) is 1. The molecule has 0 aliphatic carbocycles. The Kier molecular flexibility index (Phi) is 5.60. The molecule has 3 N–H and O–H groups in total. The minimum absolute atomic E-state index is 0.0715. The molecule has 0 fully saturated rings. The third-order valence-electron chi connectivity index (χ3n) is 2.55. The standard InChI is InChI=1S/C13H15ClN2O3S/c14-11-4-3-10(20-11)13(9-2-1-6-19-9)16-5-7-18-8-12(15)17/h1-4,6,13,16H,5,7-8H2,(H2,15,17). The van der Waals surface area contributed by atoms with Crippen molar-refractivity contribution in [1.29, 1.82) is 0 Å². The van der Waals surface area contributed by atoms with E-state index in [0.717, 1.165) is 15.0 Å². The molecule has 7 heteroatoms. The van der Waals surface area contributed by atoms with Crippen LogP contribution in [-0.4, -0.2) is 25.7 Å². The van der Waals surface area contributed by atoms with Crippen molar-refractivity contribution in [3.63, 3.8) is 0 Å². The van der Waals surface area contributed by atoms with Gasteiger partial charge >= 0.3 is 0 Å². The molecule has 0 saturated carbocycles. The van der Waals surface area contributed by atoms with E-state index in [1.54, 1.807) is 6.26 Å². The maximum Gasteiger partial charge on any atom is 0.243 e. The molecular weight excluding hydrogens is 300 g/mol. The predicted octanol–water partition coefficient (Wildman–Crippen LogP) is 2.18. The number of nitrogens with two attached hydrogens (primary N) is 1. The molecule has 2 heterocycles. The highest BCUT2D eigenvalue weighted by molar-refractivity contribution is 7.16. The Morgan fingerprint density at radius 2 is 2.35 bits per heavy atom. The van der Waals surface area contributed by atoms with Crippen LogP contribution in [0.3, 0.4) is 0 Å². The molecule has 108 valence electrons. The fraction of sp³-hybridized carbons (Fsp3) is 0.308. The summed E-state index contributed by atoms with van der Waals surface area (Å²) in [4.78, 5) is 11.6. The van der Waals surface area contributed by atoms with E-state index < -0.39 is 5.91 Å². The lowest BCUT2D eigenvalue weighted by atomic mass is 10.2. The van der Waals surface area contributed by atoms with Gasteiger partial charge in [0.05, 0.1) is 17.2 Å². The van der Waals surface area contributed by atoms with E-state index in [9.17, 15) is 4.79 Å². The van der Waals surface area contributed by atoms with Gasteiger partial charge in [-0.15, -0.1) is 11.3 Å². The van der Waals surface area contributed by atoms with Crippen molar-refractivity contribution in [1.82, 2.24) is 5.32 Å². The summed E-state index contributed by atoms with van der Waals surface area (Å²) in [5.41, 5.74) is 4.99. The number of hydrogen-bond donors (Lipinski definition) is 2. The van der Waals surface area contributed by atoms with Gasteiger partial charge in [0, 0.05) is 11.4 Å². The van der Waals surface area contributed by atoms with Gasteiger partial charge < -0.3 is 20.2 Å². The normalized spacial score (nSPS) is 12.4. The van der Waals surface area contributed by atoms with Crippen LogP contribution in [0.25, 0.3) is 0 Å². The number of furan rings is 1. The van der Waals surface area contributed by atoms with E-state index in [1.165, 1.54) is 11.3 Å². The van der Waals surface area contributed by atoms with E-state index in [4.69, 9.17) is 26.5 Å². The highest BCUT2D eigenvalue weighted by atomic mass is 35.5. The molecule has 2 aromatic rings. The van der Waals surface area contributed by atoms with Crippen LogP contribution in [0.5, 0.6) is 0 Å². The zero-order valence-electron chi connectivity index (χ0n) is 10.7. The first-order valence-electron chi connectivity index (χ1n) is 6.05. The number of ether oxygens (including phenoxy) is 1. The van der Waals surface area contributed by atoms with Crippen LogP contribution < -0.4 is 11.1 Å². The van der Waals surface area contributed by atoms with Gasteiger partial charge in [0.15, 0.2) is 0 Å². The van der Waals surface area contributed by atoms with Gasteiger partial charge in [-0.25, -0.2) is 0 Å². The summed E-state index contributed by atoms with van der Waals surface area (Å²) < 4.78 is 11.3. The molecule has 0 saturated heterocycles. The number of rotatable bonds is 8. The molecule has 0 bridgehead atoms. The van der Waals surface area contributed by atoms with Crippen LogP contribution in [-0.2, 0) is 9.53 Å². The lowest BCUT2D eigenvalue weighted by molar-refractivity contribution is -0.122. The topological polar surface area (TPSA) is 77.5 Å². The summed E-state index contributed by atoms with van der Waals surface area (Å²) in [7, 11) is 0. The molecule has 2 rings (SSSR count). The van der Waals surface area contributed by atoms with Crippen molar-refractivity contribution in [2.75, 3.05) is 19.8 Å².